The van der Waals surface area contributed by atoms with Crippen LogP contribution in [0.5, 0.6) is 0 Å². The maximum absolute atomic E-state index is 10.6. The van der Waals surface area contributed by atoms with Crippen LogP contribution in [0.1, 0.15) is 0 Å². The van der Waals surface area contributed by atoms with E-state index < -0.39 is 5.03 Å². The molecule has 1 aromatic heterocycles. The summed E-state index contributed by atoms with van der Waals surface area (Å²) in [5.41, 5.74) is 0.512. The van der Waals surface area contributed by atoms with E-state index in [-0.39, 0.29) is 5.15 Å². The van der Waals surface area contributed by atoms with Gasteiger partial charge in [0.05, 0.1) is 0 Å². The monoisotopic (exact) mass is 196 g/mol. The molecule has 0 bridgehead atoms. The number of para-hydroxylation sites is 1. The van der Waals surface area contributed by atoms with Crippen molar-refractivity contribution in [1.29, 1.82) is 0 Å². The highest BCUT2D eigenvalue weighted by Crippen LogP contribution is 2.22. The summed E-state index contributed by atoms with van der Waals surface area (Å²) >= 11 is 5.68. The van der Waals surface area contributed by atoms with Crippen molar-refractivity contribution in [3.05, 3.63) is 45.6 Å². The molecular weight excluding hydrogens is 192 g/mol. The molecule has 66 valence electrons. The first-order valence-corrected chi connectivity index (χ1v) is 3.98. The zero-order chi connectivity index (χ0) is 9.42. The van der Waals surface area contributed by atoms with Crippen molar-refractivity contribution >= 4 is 22.5 Å². The van der Waals surface area contributed by atoms with Crippen LogP contribution in [-0.4, -0.2) is 9.71 Å². The van der Waals surface area contributed by atoms with Gasteiger partial charge in [0.15, 0.2) is 10.2 Å². The molecule has 0 aliphatic carbocycles. The molecule has 0 aliphatic rings. The number of hydrogen-bond donors (Lipinski definition) is 0. The number of nitro groups is 1. The topological polar surface area (TPSA) is 48.1 Å². The first-order valence-electron chi connectivity index (χ1n) is 3.61. The number of benzene rings is 1. The molecule has 0 aliphatic heterocycles. The quantitative estimate of drug-likeness (QED) is 0.519. The first-order chi connectivity index (χ1) is 6.20. The Bertz CT molecular complexity index is 478. The number of aromatic nitrogens is 1. The average molecular weight is 197 g/mol. The van der Waals surface area contributed by atoms with Crippen molar-refractivity contribution in [2.75, 3.05) is 0 Å². The third-order valence-electron chi connectivity index (χ3n) is 1.81. The van der Waals surface area contributed by atoms with E-state index in [1.54, 1.807) is 24.3 Å². The molecule has 1 heterocycles. The molecule has 0 amide bonds. The summed E-state index contributed by atoms with van der Waals surface area (Å²) in [5.74, 6) is 0. The van der Waals surface area contributed by atoms with Gasteiger partial charge in [-0.15, -0.1) is 0 Å². The molecule has 0 atom stereocenters. The molecule has 0 fully saturated rings. The third kappa shape index (κ3) is 1.15. The lowest BCUT2D eigenvalue weighted by Gasteiger charge is -1.93. The van der Waals surface area contributed by atoms with E-state index in [2.05, 4.69) is 0 Å². The van der Waals surface area contributed by atoms with Crippen molar-refractivity contribution in [3.63, 3.8) is 0 Å². The largest absolute Gasteiger partial charge is 0.234 e. The number of hydrogen-bond acceptors (Lipinski definition) is 2. The Hall–Kier alpha value is -1.55. The molecule has 0 unspecified atom stereocenters. The predicted octanol–water partition coefficient (Wildman–Crippen LogP) is 2.33. The summed E-state index contributed by atoms with van der Waals surface area (Å²) in [6.07, 6.45) is 0. The van der Waals surface area contributed by atoms with Gasteiger partial charge in [-0.2, -0.15) is 0 Å². The lowest BCUT2D eigenvalue weighted by atomic mass is 10.3. The summed E-state index contributed by atoms with van der Waals surface area (Å²) in [4.78, 5) is 10.6. The maximum atomic E-state index is 10.6. The van der Waals surface area contributed by atoms with Gasteiger partial charge >= 0.3 is 0 Å². The van der Waals surface area contributed by atoms with E-state index in [0.29, 0.717) is 5.52 Å². The highest BCUT2D eigenvalue weighted by atomic mass is 35.5. The second kappa shape index (κ2) is 2.74. The summed E-state index contributed by atoms with van der Waals surface area (Å²) < 4.78 is 0.858. The van der Waals surface area contributed by atoms with Gasteiger partial charge in [-0.3, -0.25) is 0 Å². The molecule has 5 heteroatoms. The highest BCUT2D eigenvalue weighted by molar-refractivity contribution is 6.30. The van der Waals surface area contributed by atoms with E-state index in [4.69, 9.17) is 11.6 Å². The Kier molecular flexibility index (Phi) is 1.70. The molecule has 0 saturated carbocycles. The average Bonchev–Trinajstić information content (AvgIpc) is 2.39. The van der Waals surface area contributed by atoms with E-state index in [9.17, 15) is 10.1 Å². The van der Waals surface area contributed by atoms with Crippen LogP contribution in [0.2, 0.25) is 5.15 Å². The first kappa shape index (κ1) is 8.07. The van der Waals surface area contributed by atoms with Crippen LogP contribution >= 0.6 is 11.6 Å². The molecule has 2 aromatic rings. The standard InChI is InChI=1S/C8H5ClN2O2/c9-8-5-6-3-1-2-4-7(6)10(8)11(12)13/h1-5H. The van der Waals surface area contributed by atoms with Crippen LogP contribution in [0.3, 0.4) is 0 Å². The highest BCUT2D eigenvalue weighted by Gasteiger charge is 2.13. The summed E-state index contributed by atoms with van der Waals surface area (Å²) in [6.45, 7) is 0. The summed E-state index contributed by atoms with van der Waals surface area (Å²) in [6, 6.07) is 8.55. The van der Waals surface area contributed by atoms with Crippen LogP contribution in [0.25, 0.3) is 10.9 Å². The second-order valence-electron chi connectivity index (χ2n) is 2.58. The number of nitrogens with zero attached hydrogens (tertiary/aromatic N) is 2. The number of rotatable bonds is 1. The Morgan fingerprint density at radius 2 is 2.08 bits per heavy atom. The van der Waals surface area contributed by atoms with E-state index in [0.717, 1.165) is 10.1 Å². The Morgan fingerprint density at radius 1 is 1.38 bits per heavy atom. The Labute approximate surface area is 78.5 Å². The van der Waals surface area contributed by atoms with Gasteiger partial charge in [-0.25, -0.2) is 10.1 Å². The number of fused-ring (bicyclic) bond motifs is 1. The van der Waals surface area contributed by atoms with E-state index >= 15 is 0 Å². The van der Waals surface area contributed by atoms with Gasteiger partial charge in [0.1, 0.15) is 5.52 Å². The van der Waals surface area contributed by atoms with Crippen LogP contribution in [0.15, 0.2) is 30.3 Å². The molecule has 0 spiro atoms. The molecular formula is C8H5ClN2O2. The normalized spacial score (nSPS) is 10.5. The lowest BCUT2D eigenvalue weighted by molar-refractivity contribution is -0.537. The van der Waals surface area contributed by atoms with Crippen molar-refractivity contribution < 1.29 is 5.03 Å². The van der Waals surface area contributed by atoms with Crippen LogP contribution in [-0.2, 0) is 0 Å². The van der Waals surface area contributed by atoms with Gasteiger partial charge in [-0.1, -0.05) is 34.5 Å². The lowest BCUT2D eigenvalue weighted by Crippen LogP contribution is -2.07. The van der Waals surface area contributed by atoms with Gasteiger partial charge in [0.2, 0.25) is 0 Å². The Balaban J connectivity index is 2.86. The van der Waals surface area contributed by atoms with Gasteiger partial charge < -0.3 is 0 Å². The minimum absolute atomic E-state index is 0.117. The van der Waals surface area contributed by atoms with Crippen LogP contribution < -0.4 is 0 Å². The van der Waals surface area contributed by atoms with Gasteiger partial charge in [-0.05, 0) is 12.1 Å². The second-order valence-corrected chi connectivity index (χ2v) is 2.96. The molecule has 13 heavy (non-hydrogen) atoms. The predicted molar refractivity (Wildman–Crippen MR) is 49.3 cm³/mol. The van der Waals surface area contributed by atoms with Crippen molar-refractivity contribution in [2.45, 2.75) is 0 Å². The van der Waals surface area contributed by atoms with Gasteiger partial charge in [0, 0.05) is 5.39 Å². The fraction of sp³-hybridized carbons (Fsp3) is 0. The van der Waals surface area contributed by atoms with Gasteiger partial charge in [0.25, 0.3) is 0 Å². The SMILES string of the molecule is O=[N+]([O-])n1c(Cl)cc2ccccc21. The zero-order valence-electron chi connectivity index (χ0n) is 6.48. The summed E-state index contributed by atoms with van der Waals surface area (Å²) in [5, 5.41) is 10.9. The minimum Gasteiger partial charge on any atom is -0.234 e. The molecule has 0 saturated heterocycles. The number of halogens is 1. The molecule has 1 aromatic carbocycles. The maximum Gasteiger partial charge on any atom is 0.177 e. The van der Waals surface area contributed by atoms with Crippen molar-refractivity contribution in [2.24, 2.45) is 0 Å². The molecule has 2 rings (SSSR count). The zero-order valence-corrected chi connectivity index (χ0v) is 7.23. The molecule has 0 radical (unpaired) electrons. The van der Waals surface area contributed by atoms with E-state index in [1.807, 2.05) is 6.07 Å². The smallest absolute Gasteiger partial charge is 0.177 e. The van der Waals surface area contributed by atoms with Crippen molar-refractivity contribution in [1.82, 2.24) is 4.68 Å². The fourth-order valence-electron chi connectivity index (χ4n) is 1.27. The molecule has 0 N–H and O–H groups in total. The fourth-order valence-corrected chi connectivity index (χ4v) is 1.54. The Morgan fingerprint density at radius 3 is 2.77 bits per heavy atom. The van der Waals surface area contributed by atoms with Crippen LogP contribution in [0, 0.1) is 10.1 Å². The summed E-state index contributed by atoms with van der Waals surface area (Å²) in [7, 11) is 0. The van der Waals surface area contributed by atoms with E-state index in [1.165, 1.54) is 0 Å². The van der Waals surface area contributed by atoms with Crippen LogP contribution in [0.4, 0.5) is 0 Å². The molecule has 4 nitrogen and oxygen atoms in total. The third-order valence-corrected chi connectivity index (χ3v) is 2.07. The van der Waals surface area contributed by atoms with Crippen molar-refractivity contribution in [3.8, 4) is 0 Å². The minimum atomic E-state index is -0.537.